The molecule has 0 bridgehead atoms. The molecular formula is C9H18N2OSn. The zero-order valence-corrected chi connectivity index (χ0v) is 11.7. The summed E-state index contributed by atoms with van der Waals surface area (Å²) in [4.78, 5) is 11.5. The van der Waals surface area contributed by atoms with Crippen LogP contribution >= 0.6 is 0 Å². The molecule has 0 aliphatic heterocycles. The molecule has 0 unspecified atom stereocenters. The van der Waals surface area contributed by atoms with E-state index in [0.29, 0.717) is 6.73 Å². The van der Waals surface area contributed by atoms with Crippen molar-refractivity contribution in [3.63, 3.8) is 0 Å². The normalized spacial score (nSPS) is 12.0. The van der Waals surface area contributed by atoms with Gasteiger partial charge in [0.1, 0.15) is 0 Å². The fourth-order valence-electron chi connectivity index (χ4n) is 1.01. The van der Waals surface area contributed by atoms with Gasteiger partial charge < -0.3 is 0 Å². The van der Waals surface area contributed by atoms with E-state index in [-0.39, 0.29) is 0 Å². The maximum atomic E-state index is 5.29. The van der Waals surface area contributed by atoms with Crippen LogP contribution in [0.4, 0.5) is 0 Å². The number of rotatable bonds is 4. The van der Waals surface area contributed by atoms with Crippen LogP contribution in [0.5, 0.6) is 0 Å². The summed E-state index contributed by atoms with van der Waals surface area (Å²) in [5.74, 6) is 0. The van der Waals surface area contributed by atoms with Gasteiger partial charge in [0.15, 0.2) is 0 Å². The van der Waals surface area contributed by atoms with Crippen molar-refractivity contribution in [2.75, 3.05) is 6.61 Å². The predicted molar refractivity (Wildman–Crippen MR) is 56.8 cm³/mol. The number of aromatic nitrogens is 2. The molecule has 1 aromatic rings. The van der Waals surface area contributed by atoms with Gasteiger partial charge in [0.25, 0.3) is 0 Å². The van der Waals surface area contributed by atoms with Gasteiger partial charge in [-0.25, -0.2) is 0 Å². The SMILES string of the molecule is CCOCn1cn[c]([Sn]([CH3])([CH3])[CH3])c1. The van der Waals surface area contributed by atoms with Gasteiger partial charge in [0, 0.05) is 0 Å². The van der Waals surface area contributed by atoms with Crippen LogP contribution < -0.4 is 3.71 Å². The molecule has 0 aromatic carbocycles. The first kappa shape index (κ1) is 11.0. The van der Waals surface area contributed by atoms with Gasteiger partial charge in [-0.1, -0.05) is 0 Å². The molecule has 74 valence electrons. The fourth-order valence-corrected chi connectivity index (χ4v) is 3.86. The zero-order chi connectivity index (χ0) is 9.90. The first-order chi connectivity index (χ1) is 6.04. The van der Waals surface area contributed by atoms with Gasteiger partial charge in [-0.2, -0.15) is 0 Å². The monoisotopic (exact) mass is 290 g/mol. The fraction of sp³-hybridized carbons (Fsp3) is 0.667. The summed E-state index contributed by atoms with van der Waals surface area (Å²) in [6.45, 7) is 3.39. The first-order valence-corrected chi connectivity index (χ1v) is 14.6. The zero-order valence-electron chi connectivity index (χ0n) is 8.87. The van der Waals surface area contributed by atoms with E-state index in [1.165, 1.54) is 3.71 Å². The van der Waals surface area contributed by atoms with E-state index in [9.17, 15) is 0 Å². The summed E-state index contributed by atoms with van der Waals surface area (Å²) in [6, 6.07) is 0. The van der Waals surface area contributed by atoms with Crippen LogP contribution in [0.1, 0.15) is 6.92 Å². The number of imidazole rings is 1. The van der Waals surface area contributed by atoms with Crippen molar-refractivity contribution in [2.24, 2.45) is 0 Å². The molecule has 13 heavy (non-hydrogen) atoms. The van der Waals surface area contributed by atoms with E-state index < -0.39 is 18.4 Å². The molecule has 0 saturated heterocycles. The summed E-state index contributed by atoms with van der Waals surface area (Å²) < 4.78 is 8.62. The Balaban J connectivity index is 2.64. The molecule has 1 heterocycles. The van der Waals surface area contributed by atoms with Crippen LogP contribution in [0, 0.1) is 0 Å². The molecule has 0 radical (unpaired) electrons. The molecule has 0 aliphatic carbocycles. The van der Waals surface area contributed by atoms with E-state index in [0.717, 1.165) is 6.61 Å². The van der Waals surface area contributed by atoms with Crippen molar-refractivity contribution in [2.45, 2.75) is 28.5 Å². The Morgan fingerprint density at radius 2 is 2.15 bits per heavy atom. The minimum atomic E-state index is -1.94. The second kappa shape index (κ2) is 4.46. The van der Waals surface area contributed by atoms with Gasteiger partial charge >= 0.3 is 84.0 Å². The first-order valence-electron chi connectivity index (χ1n) is 4.64. The summed E-state index contributed by atoms with van der Waals surface area (Å²) in [5.41, 5.74) is 0. The third-order valence-corrected chi connectivity index (χ3v) is 6.97. The van der Waals surface area contributed by atoms with Crippen molar-refractivity contribution >= 4 is 22.1 Å². The Kier molecular flexibility index (Phi) is 3.79. The molecule has 0 atom stereocenters. The molecular weight excluding hydrogens is 271 g/mol. The van der Waals surface area contributed by atoms with Crippen molar-refractivity contribution in [1.82, 2.24) is 9.55 Å². The van der Waals surface area contributed by atoms with E-state index in [2.05, 4.69) is 26.0 Å². The molecule has 0 saturated carbocycles. The van der Waals surface area contributed by atoms with Gasteiger partial charge in [-0.3, -0.25) is 0 Å². The Labute approximate surface area is 84.0 Å². The van der Waals surface area contributed by atoms with Crippen LogP contribution in [-0.2, 0) is 11.5 Å². The number of hydrogen-bond acceptors (Lipinski definition) is 2. The standard InChI is InChI=1S/C6H9N2O.3CH3.Sn/c1-2-9-6-8-4-3-7-5-8;;;;/h4-5H,2,6H2,1H3;3*1H3;. The van der Waals surface area contributed by atoms with E-state index in [4.69, 9.17) is 4.74 Å². The van der Waals surface area contributed by atoms with Gasteiger partial charge in [0.05, 0.1) is 0 Å². The van der Waals surface area contributed by atoms with Crippen molar-refractivity contribution in [3.05, 3.63) is 12.5 Å². The van der Waals surface area contributed by atoms with Crippen LogP contribution in [0.2, 0.25) is 14.8 Å². The second-order valence-electron chi connectivity index (χ2n) is 4.15. The Bertz CT molecular complexity index is 265. The average molecular weight is 289 g/mol. The Hall–Kier alpha value is -0.0313. The van der Waals surface area contributed by atoms with Crippen LogP contribution in [0.25, 0.3) is 0 Å². The van der Waals surface area contributed by atoms with Crippen molar-refractivity contribution in [3.8, 4) is 0 Å². The third kappa shape index (κ3) is 3.31. The molecule has 1 aromatic heterocycles. The molecule has 0 aliphatic rings. The van der Waals surface area contributed by atoms with E-state index in [1.54, 1.807) is 0 Å². The van der Waals surface area contributed by atoms with E-state index >= 15 is 0 Å². The predicted octanol–water partition coefficient (Wildman–Crippen LogP) is 1.42. The summed E-state index contributed by atoms with van der Waals surface area (Å²) in [7, 11) is 0. The van der Waals surface area contributed by atoms with Crippen LogP contribution in [-0.4, -0.2) is 34.5 Å². The molecule has 3 nitrogen and oxygen atoms in total. The van der Waals surface area contributed by atoms with Crippen molar-refractivity contribution in [1.29, 1.82) is 0 Å². The number of ether oxygens (including phenoxy) is 1. The molecule has 0 spiro atoms. The molecule has 0 fully saturated rings. The Morgan fingerprint density at radius 1 is 1.46 bits per heavy atom. The van der Waals surface area contributed by atoms with Gasteiger partial charge in [-0.05, 0) is 0 Å². The summed E-state index contributed by atoms with van der Waals surface area (Å²) in [5, 5.41) is 0. The molecule has 4 heteroatoms. The quantitative estimate of drug-likeness (QED) is 0.784. The second-order valence-corrected chi connectivity index (χ2v) is 18.5. The molecule has 0 amide bonds. The van der Waals surface area contributed by atoms with Gasteiger partial charge in [-0.15, -0.1) is 0 Å². The average Bonchev–Trinajstić information content (AvgIpc) is 2.47. The topological polar surface area (TPSA) is 27.1 Å². The minimum absolute atomic E-state index is 0.630. The summed E-state index contributed by atoms with van der Waals surface area (Å²) in [6.07, 6.45) is 4.00. The third-order valence-electron chi connectivity index (χ3n) is 1.85. The summed E-state index contributed by atoms with van der Waals surface area (Å²) >= 11 is -1.94. The number of hydrogen-bond donors (Lipinski definition) is 0. The molecule has 1 rings (SSSR count). The van der Waals surface area contributed by atoms with Crippen LogP contribution in [0.3, 0.4) is 0 Å². The van der Waals surface area contributed by atoms with Gasteiger partial charge in [0.2, 0.25) is 0 Å². The van der Waals surface area contributed by atoms with Crippen molar-refractivity contribution < 1.29 is 4.74 Å². The van der Waals surface area contributed by atoms with E-state index in [1.807, 2.05) is 17.8 Å². The molecule has 0 N–H and O–H groups in total. The number of nitrogens with zero attached hydrogens (tertiary/aromatic N) is 2. The van der Waals surface area contributed by atoms with Crippen LogP contribution in [0.15, 0.2) is 12.5 Å². The Morgan fingerprint density at radius 3 is 2.62 bits per heavy atom. The maximum absolute atomic E-state index is 5.29.